The number of hydrogen-bond donors (Lipinski definition) is 2. The molecule has 1 aliphatic rings. The maximum absolute atomic E-state index is 14.6. The normalized spacial score (nSPS) is 15.3. The third-order valence-corrected chi connectivity index (χ3v) is 6.05. The van der Waals surface area contributed by atoms with Crippen molar-refractivity contribution in [1.29, 1.82) is 10.5 Å². The number of pyridine rings is 1. The molecule has 0 aliphatic carbocycles. The first-order valence-corrected chi connectivity index (χ1v) is 10.4. The number of aliphatic hydroxyl groups excluding tert-OH is 1. The standard InChI is InChI=1S/C22H21FN4O3S/c1-13(2)22(23,12-28)30-16-5-3-15(4-6-16)19-17(7-24)20(26)27-21(18(19)8-25)31-11-14-9-29-10-14/h3-6,14,28H,1,9-12H2,2H3,(H2,26,27). The number of aliphatic hydroxyl groups is 1. The second kappa shape index (κ2) is 9.36. The van der Waals surface area contributed by atoms with Crippen LogP contribution in [0, 0.1) is 28.6 Å². The highest BCUT2D eigenvalue weighted by Crippen LogP contribution is 2.37. The van der Waals surface area contributed by atoms with Crippen molar-refractivity contribution in [2.24, 2.45) is 5.92 Å². The van der Waals surface area contributed by atoms with E-state index in [0.29, 0.717) is 35.3 Å². The largest absolute Gasteiger partial charge is 0.452 e. The van der Waals surface area contributed by atoms with Gasteiger partial charge in [0.05, 0.1) is 18.8 Å². The third-order valence-electron chi connectivity index (χ3n) is 4.84. The summed E-state index contributed by atoms with van der Waals surface area (Å²) in [6, 6.07) is 10.3. The van der Waals surface area contributed by atoms with E-state index in [4.69, 9.17) is 15.2 Å². The second-order valence-corrected chi connectivity index (χ2v) is 8.17. The Balaban J connectivity index is 1.98. The summed E-state index contributed by atoms with van der Waals surface area (Å²) in [4.78, 5) is 4.27. The van der Waals surface area contributed by atoms with Gasteiger partial charge >= 0.3 is 0 Å². The lowest BCUT2D eigenvalue weighted by Gasteiger charge is -2.25. The Bertz CT molecular complexity index is 1070. The van der Waals surface area contributed by atoms with Gasteiger partial charge in [-0.3, -0.25) is 0 Å². The minimum absolute atomic E-state index is 0.0260. The Morgan fingerprint density at radius 2 is 2.00 bits per heavy atom. The lowest BCUT2D eigenvalue weighted by Crippen LogP contribution is -2.35. The molecule has 1 aromatic heterocycles. The van der Waals surface area contributed by atoms with Crippen LogP contribution in [0.15, 0.2) is 41.4 Å². The Labute approximate surface area is 183 Å². The van der Waals surface area contributed by atoms with Gasteiger partial charge in [0.25, 0.3) is 5.85 Å². The summed E-state index contributed by atoms with van der Waals surface area (Å²) in [5.74, 6) is -1.11. The summed E-state index contributed by atoms with van der Waals surface area (Å²) in [5, 5.41) is 29.2. The van der Waals surface area contributed by atoms with E-state index in [1.807, 2.05) is 6.07 Å². The number of alkyl halides is 1. The monoisotopic (exact) mass is 440 g/mol. The van der Waals surface area contributed by atoms with Crippen LogP contribution in [0.1, 0.15) is 18.1 Å². The van der Waals surface area contributed by atoms with Gasteiger partial charge in [-0.1, -0.05) is 18.7 Å². The van der Waals surface area contributed by atoms with Gasteiger partial charge in [0, 0.05) is 17.2 Å². The molecular weight excluding hydrogens is 419 g/mol. The number of ether oxygens (including phenoxy) is 2. The number of benzene rings is 1. The number of nitriles is 2. The van der Waals surface area contributed by atoms with Crippen LogP contribution >= 0.6 is 11.8 Å². The SMILES string of the molecule is C=C(C)C(F)(CO)Oc1ccc(-c2c(C#N)c(N)nc(SCC3COC3)c2C#N)cc1. The zero-order valence-electron chi connectivity index (χ0n) is 16.9. The number of nitrogens with two attached hydrogens (primary N) is 1. The molecule has 2 heterocycles. The molecule has 3 rings (SSSR count). The molecule has 1 aromatic carbocycles. The van der Waals surface area contributed by atoms with Crippen LogP contribution in [0.4, 0.5) is 10.2 Å². The van der Waals surface area contributed by atoms with Gasteiger partial charge in [-0.05, 0) is 30.2 Å². The van der Waals surface area contributed by atoms with Crippen molar-refractivity contribution in [3.63, 3.8) is 0 Å². The first-order valence-electron chi connectivity index (χ1n) is 9.42. The summed E-state index contributed by atoms with van der Waals surface area (Å²) < 4.78 is 25.0. The van der Waals surface area contributed by atoms with Crippen molar-refractivity contribution in [3.8, 4) is 29.0 Å². The van der Waals surface area contributed by atoms with E-state index in [2.05, 4.69) is 17.6 Å². The lowest BCUT2D eigenvalue weighted by molar-refractivity contribution is -0.0680. The molecule has 1 saturated heterocycles. The molecule has 7 nitrogen and oxygen atoms in total. The lowest BCUT2D eigenvalue weighted by atomic mass is 9.97. The van der Waals surface area contributed by atoms with Crippen molar-refractivity contribution in [2.75, 3.05) is 31.3 Å². The van der Waals surface area contributed by atoms with E-state index in [1.165, 1.54) is 30.8 Å². The van der Waals surface area contributed by atoms with Gasteiger partial charge in [-0.15, -0.1) is 11.8 Å². The van der Waals surface area contributed by atoms with Gasteiger partial charge in [0.1, 0.15) is 40.9 Å². The molecule has 2 aromatic rings. The van der Waals surface area contributed by atoms with E-state index < -0.39 is 12.5 Å². The zero-order valence-corrected chi connectivity index (χ0v) is 17.7. The minimum Gasteiger partial charge on any atom is -0.452 e. The molecule has 31 heavy (non-hydrogen) atoms. The van der Waals surface area contributed by atoms with Crippen LogP contribution in [0.2, 0.25) is 0 Å². The highest BCUT2D eigenvalue weighted by Gasteiger charge is 2.32. The number of hydrogen-bond acceptors (Lipinski definition) is 8. The van der Waals surface area contributed by atoms with E-state index in [-0.39, 0.29) is 28.3 Å². The van der Waals surface area contributed by atoms with Crippen LogP contribution in [-0.2, 0) is 4.74 Å². The topological polar surface area (TPSA) is 125 Å². The fraction of sp³-hybridized carbons (Fsp3) is 0.318. The fourth-order valence-corrected chi connectivity index (χ4v) is 3.94. The number of aromatic nitrogens is 1. The van der Waals surface area contributed by atoms with Crippen molar-refractivity contribution in [1.82, 2.24) is 4.98 Å². The summed E-state index contributed by atoms with van der Waals surface area (Å²) in [5.41, 5.74) is 7.29. The molecule has 1 aliphatic heterocycles. The molecule has 1 fully saturated rings. The highest BCUT2D eigenvalue weighted by atomic mass is 32.2. The molecule has 1 unspecified atom stereocenters. The van der Waals surface area contributed by atoms with Crippen molar-refractivity contribution in [3.05, 3.63) is 47.5 Å². The molecule has 3 N–H and O–H groups in total. The van der Waals surface area contributed by atoms with Crippen molar-refractivity contribution in [2.45, 2.75) is 17.8 Å². The average Bonchev–Trinajstić information content (AvgIpc) is 2.72. The number of rotatable bonds is 8. The van der Waals surface area contributed by atoms with E-state index >= 15 is 0 Å². The van der Waals surface area contributed by atoms with Crippen LogP contribution in [-0.4, -0.2) is 41.5 Å². The number of nitrogen functional groups attached to an aromatic ring is 1. The maximum Gasteiger partial charge on any atom is 0.292 e. The Hall–Kier alpha value is -3.11. The maximum atomic E-state index is 14.6. The number of halogens is 1. The minimum atomic E-state index is -2.41. The number of thioether (sulfide) groups is 1. The number of anilines is 1. The van der Waals surface area contributed by atoms with Gasteiger partial charge in [0.2, 0.25) is 0 Å². The number of nitrogens with zero attached hydrogens (tertiary/aromatic N) is 3. The zero-order chi connectivity index (χ0) is 22.6. The molecule has 0 radical (unpaired) electrons. The molecule has 1 atom stereocenters. The quantitative estimate of drug-likeness (QED) is 0.472. The Kier molecular flexibility index (Phi) is 6.81. The van der Waals surface area contributed by atoms with Crippen LogP contribution in [0.5, 0.6) is 5.75 Å². The predicted molar refractivity (Wildman–Crippen MR) is 115 cm³/mol. The van der Waals surface area contributed by atoms with E-state index in [1.54, 1.807) is 12.1 Å². The van der Waals surface area contributed by atoms with Crippen LogP contribution in [0.25, 0.3) is 11.1 Å². The van der Waals surface area contributed by atoms with Gasteiger partial charge in [-0.2, -0.15) is 14.9 Å². The first-order chi connectivity index (χ1) is 14.8. The van der Waals surface area contributed by atoms with Crippen molar-refractivity contribution < 1.29 is 19.0 Å². The third kappa shape index (κ3) is 4.64. The Morgan fingerprint density at radius 3 is 2.48 bits per heavy atom. The van der Waals surface area contributed by atoms with Gasteiger partial charge < -0.3 is 20.3 Å². The summed E-state index contributed by atoms with van der Waals surface area (Å²) >= 11 is 1.40. The summed E-state index contributed by atoms with van der Waals surface area (Å²) in [6.07, 6.45) is 0. The molecule has 0 spiro atoms. The van der Waals surface area contributed by atoms with Crippen LogP contribution in [0.3, 0.4) is 0 Å². The average molecular weight is 441 g/mol. The second-order valence-electron chi connectivity index (χ2n) is 7.16. The van der Waals surface area contributed by atoms with Crippen molar-refractivity contribution >= 4 is 17.6 Å². The molecule has 9 heteroatoms. The van der Waals surface area contributed by atoms with Gasteiger partial charge in [0.15, 0.2) is 0 Å². The molecule has 0 amide bonds. The van der Waals surface area contributed by atoms with E-state index in [9.17, 15) is 20.0 Å². The van der Waals surface area contributed by atoms with Crippen LogP contribution < -0.4 is 10.5 Å². The summed E-state index contributed by atoms with van der Waals surface area (Å²) in [6.45, 7) is 5.37. The fourth-order valence-electron chi connectivity index (χ4n) is 2.90. The molecular formula is C22H21FN4O3S. The molecule has 0 bridgehead atoms. The predicted octanol–water partition coefficient (Wildman–Crippen LogP) is 3.43. The summed E-state index contributed by atoms with van der Waals surface area (Å²) in [7, 11) is 0. The molecule has 160 valence electrons. The van der Waals surface area contributed by atoms with E-state index in [0.717, 1.165) is 5.75 Å². The molecule has 0 saturated carbocycles. The van der Waals surface area contributed by atoms with Gasteiger partial charge in [-0.25, -0.2) is 4.98 Å². The Morgan fingerprint density at radius 1 is 1.35 bits per heavy atom. The smallest absolute Gasteiger partial charge is 0.292 e. The first kappa shape index (κ1) is 22.6. The highest BCUT2D eigenvalue weighted by molar-refractivity contribution is 7.99.